The van der Waals surface area contributed by atoms with Crippen molar-refractivity contribution in [3.05, 3.63) is 0 Å². The molecular weight excluding hydrogens is 268 g/mol. The molecular formula is C21H42O. The quantitative estimate of drug-likeness (QED) is 0.201. The van der Waals surface area contributed by atoms with E-state index in [0.717, 1.165) is 0 Å². The van der Waals surface area contributed by atoms with Crippen molar-refractivity contribution in [2.24, 2.45) is 0 Å². The van der Waals surface area contributed by atoms with E-state index >= 15 is 0 Å². The van der Waals surface area contributed by atoms with E-state index in [1.54, 1.807) is 0 Å². The maximum atomic E-state index is 5.76. The Labute approximate surface area is 140 Å². The number of rotatable bonds is 17. The van der Waals surface area contributed by atoms with Crippen LogP contribution in [0.5, 0.6) is 0 Å². The third-order valence-corrected chi connectivity index (χ3v) is 5.12. The Hall–Kier alpha value is -0.0400. The molecule has 0 saturated carbocycles. The highest BCUT2D eigenvalue weighted by atomic mass is 16.6. The summed E-state index contributed by atoms with van der Waals surface area (Å²) in [5, 5.41) is 0. The van der Waals surface area contributed by atoms with Crippen molar-refractivity contribution < 1.29 is 4.74 Å². The first-order valence-electron chi connectivity index (χ1n) is 10.5. The summed E-state index contributed by atoms with van der Waals surface area (Å²) in [6.45, 7) is 4.57. The van der Waals surface area contributed by atoms with E-state index in [1.165, 1.54) is 109 Å². The molecule has 0 radical (unpaired) electrons. The Bertz CT molecular complexity index is 226. The number of unbranched alkanes of at least 4 members (excludes halogenated alkanes) is 13. The van der Waals surface area contributed by atoms with Gasteiger partial charge in [0.2, 0.25) is 0 Å². The van der Waals surface area contributed by atoms with Crippen molar-refractivity contribution in [2.45, 2.75) is 135 Å². The van der Waals surface area contributed by atoms with Crippen molar-refractivity contribution in [2.75, 3.05) is 0 Å². The van der Waals surface area contributed by atoms with E-state index < -0.39 is 0 Å². The molecule has 2 atom stereocenters. The zero-order valence-electron chi connectivity index (χ0n) is 15.6. The molecule has 0 aromatic carbocycles. The highest BCUT2D eigenvalue weighted by Crippen LogP contribution is 2.31. The summed E-state index contributed by atoms with van der Waals surface area (Å²) < 4.78 is 5.76. The van der Waals surface area contributed by atoms with Crippen molar-refractivity contribution in [3.63, 3.8) is 0 Å². The SMILES string of the molecule is CCCCCCCCCCCCCCC1OC1CCCCC. The minimum absolute atomic E-state index is 0.638. The lowest BCUT2D eigenvalue weighted by atomic mass is 10.0. The second-order valence-corrected chi connectivity index (χ2v) is 7.39. The van der Waals surface area contributed by atoms with Crippen LogP contribution in [0.25, 0.3) is 0 Å². The van der Waals surface area contributed by atoms with Gasteiger partial charge in [0.25, 0.3) is 0 Å². The van der Waals surface area contributed by atoms with Crippen molar-refractivity contribution in [1.82, 2.24) is 0 Å². The molecule has 1 heteroatoms. The van der Waals surface area contributed by atoms with Gasteiger partial charge in [-0.3, -0.25) is 0 Å². The lowest BCUT2D eigenvalue weighted by molar-refractivity contribution is 0.348. The van der Waals surface area contributed by atoms with Gasteiger partial charge in [-0.15, -0.1) is 0 Å². The Balaban J connectivity index is 1.69. The van der Waals surface area contributed by atoms with Crippen molar-refractivity contribution in [1.29, 1.82) is 0 Å². The smallest absolute Gasteiger partial charge is 0.0841 e. The van der Waals surface area contributed by atoms with Gasteiger partial charge in [-0.25, -0.2) is 0 Å². The summed E-state index contributed by atoms with van der Waals surface area (Å²) in [7, 11) is 0. The minimum Gasteiger partial charge on any atom is -0.370 e. The van der Waals surface area contributed by atoms with Crippen molar-refractivity contribution in [3.8, 4) is 0 Å². The summed E-state index contributed by atoms with van der Waals surface area (Å²) in [5.41, 5.74) is 0. The summed E-state index contributed by atoms with van der Waals surface area (Å²) in [6.07, 6.45) is 25.3. The molecule has 0 aromatic heterocycles. The molecule has 1 heterocycles. The molecule has 0 N–H and O–H groups in total. The van der Waals surface area contributed by atoms with E-state index in [4.69, 9.17) is 4.74 Å². The van der Waals surface area contributed by atoms with Crippen LogP contribution in [0.4, 0.5) is 0 Å². The normalized spacial score (nSPS) is 20.5. The largest absolute Gasteiger partial charge is 0.370 e. The van der Waals surface area contributed by atoms with Crippen molar-refractivity contribution >= 4 is 0 Å². The van der Waals surface area contributed by atoms with Gasteiger partial charge in [0, 0.05) is 0 Å². The third kappa shape index (κ3) is 11.5. The fourth-order valence-electron chi connectivity index (χ4n) is 3.47. The van der Waals surface area contributed by atoms with Crippen LogP contribution in [0.2, 0.25) is 0 Å². The van der Waals surface area contributed by atoms with E-state index in [9.17, 15) is 0 Å². The number of ether oxygens (including phenoxy) is 1. The Morgan fingerprint density at radius 3 is 1.23 bits per heavy atom. The molecule has 1 fully saturated rings. The second-order valence-electron chi connectivity index (χ2n) is 7.39. The van der Waals surface area contributed by atoms with Gasteiger partial charge in [-0.1, -0.05) is 110 Å². The molecule has 1 nitrogen and oxygen atoms in total. The van der Waals surface area contributed by atoms with Gasteiger partial charge in [-0.2, -0.15) is 0 Å². The summed E-state index contributed by atoms with van der Waals surface area (Å²) in [4.78, 5) is 0. The van der Waals surface area contributed by atoms with Crippen LogP contribution in [0.3, 0.4) is 0 Å². The van der Waals surface area contributed by atoms with Gasteiger partial charge >= 0.3 is 0 Å². The Morgan fingerprint density at radius 2 is 0.773 bits per heavy atom. The van der Waals surface area contributed by atoms with Gasteiger partial charge < -0.3 is 4.74 Å². The highest BCUT2D eigenvalue weighted by Gasteiger charge is 2.36. The van der Waals surface area contributed by atoms with E-state index in [2.05, 4.69) is 13.8 Å². The van der Waals surface area contributed by atoms with Crippen LogP contribution in [0.1, 0.15) is 123 Å². The highest BCUT2D eigenvalue weighted by molar-refractivity contribution is 4.84. The number of hydrogen-bond acceptors (Lipinski definition) is 1. The average molecular weight is 311 g/mol. The molecule has 1 aliphatic rings. The molecule has 22 heavy (non-hydrogen) atoms. The predicted molar refractivity (Wildman–Crippen MR) is 98.5 cm³/mol. The van der Waals surface area contributed by atoms with Crippen LogP contribution >= 0.6 is 0 Å². The molecule has 1 saturated heterocycles. The molecule has 0 amide bonds. The first kappa shape index (κ1) is 20.0. The molecule has 0 spiro atoms. The molecule has 0 bridgehead atoms. The van der Waals surface area contributed by atoms with E-state index in [0.29, 0.717) is 12.2 Å². The summed E-state index contributed by atoms with van der Waals surface area (Å²) in [6, 6.07) is 0. The molecule has 1 aliphatic heterocycles. The third-order valence-electron chi connectivity index (χ3n) is 5.12. The average Bonchev–Trinajstić information content (AvgIpc) is 3.27. The number of epoxide rings is 1. The molecule has 0 aromatic rings. The fourth-order valence-corrected chi connectivity index (χ4v) is 3.47. The first-order chi connectivity index (χ1) is 10.9. The molecule has 132 valence electrons. The second kappa shape index (κ2) is 14.5. The van der Waals surface area contributed by atoms with Gasteiger partial charge in [-0.05, 0) is 12.8 Å². The molecule has 0 aliphatic carbocycles. The lowest BCUT2D eigenvalue weighted by Gasteiger charge is -2.02. The molecule has 1 rings (SSSR count). The van der Waals surface area contributed by atoms with Crippen LogP contribution in [-0.2, 0) is 4.74 Å². The van der Waals surface area contributed by atoms with Crippen LogP contribution in [0.15, 0.2) is 0 Å². The Morgan fingerprint density at radius 1 is 0.455 bits per heavy atom. The Kier molecular flexibility index (Phi) is 13.2. The summed E-state index contributed by atoms with van der Waals surface area (Å²) in [5.74, 6) is 0. The minimum atomic E-state index is 0.638. The van der Waals surface area contributed by atoms with E-state index in [1.807, 2.05) is 0 Å². The van der Waals surface area contributed by atoms with Crippen LogP contribution in [0, 0.1) is 0 Å². The first-order valence-corrected chi connectivity index (χ1v) is 10.5. The fraction of sp³-hybridized carbons (Fsp3) is 1.00. The maximum absolute atomic E-state index is 5.76. The van der Waals surface area contributed by atoms with Gasteiger partial charge in [0.15, 0.2) is 0 Å². The predicted octanol–water partition coefficient (Wildman–Crippen LogP) is 7.43. The summed E-state index contributed by atoms with van der Waals surface area (Å²) >= 11 is 0. The van der Waals surface area contributed by atoms with Gasteiger partial charge in [0.1, 0.15) is 0 Å². The zero-order chi connectivity index (χ0) is 15.9. The molecule has 2 unspecified atom stereocenters. The maximum Gasteiger partial charge on any atom is 0.0841 e. The van der Waals surface area contributed by atoms with E-state index in [-0.39, 0.29) is 0 Å². The van der Waals surface area contributed by atoms with Crippen LogP contribution < -0.4 is 0 Å². The topological polar surface area (TPSA) is 12.5 Å². The van der Waals surface area contributed by atoms with Gasteiger partial charge in [0.05, 0.1) is 12.2 Å². The lowest BCUT2D eigenvalue weighted by Crippen LogP contribution is -1.94. The monoisotopic (exact) mass is 310 g/mol. The standard InChI is InChI=1S/C21H42O/c1-3-5-7-8-9-10-11-12-13-14-15-17-19-21-20(22-21)18-16-6-4-2/h20-21H,3-19H2,1-2H3. The van der Waals surface area contributed by atoms with Crippen LogP contribution in [-0.4, -0.2) is 12.2 Å². The zero-order valence-corrected chi connectivity index (χ0v) is 15.6. The number of hydrogen-bond donors (Lipinski definition) is 0.